The highest BCUT2D eigenvalue weighted by atomic mass is 16.5. The van der Waals surface area contributed by atoms with E-state index < -0.39 is 0 Å². The summed E-state index contributed by atoms with van der Waals surface area (Å²) in [6.45, 7) is 3.66. The lowest BCUT2D eigenvalue weighted by Crippen LogP contribution is -2.31. The fourth-order valence-electron chi connectivity index (χ4n) is 3.68. The number of anilines is 2. The Morgan fingerprint density at radius 2 is 1.55 bits per heavy atom. The van der Waals surface area contributed by atoms with Crippen molar-refractivity contribution in [2.75, 3.05) is 32.1 Å². The van der Waals surface area contributed by atoms with Gasteiger partial charge in [0.15, 0.2) is 0 Å². The van der Waals surface area contributed by atoms with Crippen LogP contribution in [0.5, 0.6) is 5.75 Å². The minimum Gasteiger partial charge on any atom is -0.497 e. The second-order valence-electron chi connectivity index (χ2n) is 7.50. The largest absolute Gasteiger partial charge is 0.497 e. The summed E-state index contributed by atoms with van der Waals surface area (Å²) in [6.07, 6.45) is 8.86. The Kier molecular flexibility index (Phi) is 6.37. The fourth-order valence-corrected chi connectivity index (χ4v) is 3.68. The van der Waals surface area contributed by atoms with Gasteiger partial charge in [0.1, 0.15) is 5.75 Å². The molecule has 4 rings (SSSR count). The summed E-state index contributed by atoms with van der Waals surface area (Å²) in [4.78, 5) is 11.5. The molecule has 2 heterocycles. The summed E-state index contributed by atoms with van der Waals surface area (Å²) in [5.74, 6) is 1.44. The highest BCUT2D eigenvalue weighted by Gasteiger charge is 2.09. The molecule has 1 aliphatic heterocycles. The highest BCUT2D eigenvalue weighted by Crippen LogP contribution is 2.22. The second kappa shape index (κ2) is 9.52. The first-order valence-corrected chi connectivity index (χ1v) is 10.3. The maximum absolute atomic E-state index is 5.20. The molecule has 5 nitrogen and oxygen atoms in total. The van der Waals surface area contributed by atoms with E-state index in [1.807, 2.05) is 36.7 Å². The first-order valence-electron chi connectivity index (χ1n) is 10.3. The zero-order valence-electron chi connectivity index (χ0n) is 17.0. The average Bonchev–Trinajstić information content (AvgIpc) is 2.80. The van der Waals surface area contributed by atoms with Crippen LogP contribution in [0.1, 0.15) is 24.8 Å². The SMILES string of the molecule is COc1ccc(-c2cnc(Nc3ccc(CCN4CCCCC4)cc3)nc2)cc1. The van der Waals surface area contributed by atoms with E-state index in [1.54, 1.807) is 7.11 Å². The van der Waals surface area contributed by atoms with Gasteiger partial charge >= 0.3 is 0 Å². The van der Waals surface area contributed by atoms with Crippen LogP contribution >= 0.6 is 0 Å². The van der Waals surface area contributed by atoms with Crippen LogP contribution in [-0.4, -0.2) is 41.6 Å². The van der Waals surface area contributed by atoms with Crippen LogP contribution in [0.25, 0.3) is 11.1 Å². The van der Waals surface area contributed by atoms with Gasteiger partial charge in [-0.15, -0.1) is 0 Å². The number of aromatic nitrogens is 2. The molecule has 1 fully saturated rings. The highest BCUT2D eigenvalue weighted by molar-refractivity contribution is 5.63. The van der Waals surface area contributed by atoms with Crippen molar-refractivity contribution in [3.63, 3.8) is 0 Å². The molecule has 0 atom stereocenters. The molecule has 0 bridgehead atoms. The van der Waals surface area contributed by atoms with E-state index in [2.05, 4.69) is 44.5 Å². The van der Waals surface area contributed by atoms with Gasteiger partial charge < -0.3 is 15.0 Å². The lowest BCUT2D eigenvalue weighted by atomic mass is 10.1. The Bertz CT molecular complexity index is 886. The van der Waals surface area contributed by atoms with Gasteiger partial charge in [0.25, 0.3) is 0 Å². The smallest absolute Gasteiger partial charge is 0.227 e. The molecule has 3 aromatic rings. The van der Waals surface area contributed by atoms with Gasteiger partial charge in [-0.05, 0) is 67.7 Å². The van der Waals surface area contributed by atoms with Crippen molar-refractivity contribution in [3.05, 3.63) is 66.5 Å². The first-order chi connectivity index (χ1) is 14.3. The summed E-state index contributed by atoms with van der Waals surface area (Å²) in [5, 5.41) is 3.28. The number of methoxy groups -OCH3 is 1. The van der Waals surface area contributed by atoms with E-state index in [-0.39, 0.29) is 0 Å². The number of nitrogens with zero attached hydrogens (tertiary/aromatic N) is 3. The van der Waals surface area contributed by atoms with Gasteiger partial charge in [-0.1, -0.05) is 30.7 Å². The van der Waals surface area contributed by atoms with Crippen LogP contribution in [0.4, 0.5) is 11.6 Å². The molecule has 29 heavy (non-hydrogen) atoms. The molecule has 1 aromatic heterocycles. The summed E-state index contributed by atoms with van der Waals surface area (Å²) in [6, 6.07) is 16.5. The van der Waals surface area contributed by atoms with Crippen LogP contribution in [0.2, 0.25) is 0 Å². The van der Waals surface area contributed by atoms with Crippen molar-refractivity contribution < 1.29 is 4.74 Å². The van der Waals surface area contributed by atoms with Crippen molar-refractivity contribution in [3.8, 4) is 16.9 Å². The Morgan fingerprint density at radius 1 is 0.862 bits per heavy atom. The van der Waals surface area contributed by atoms with Crippen LogP contribution < -0.4 is 10.1 Å². The van der Waals surface area contributed by atoms with E-state index in [0.717, 1.165) is 35.5 Å². The number of nitrogens with one attached hydrogen (secondary N) is 1. The molecule has 2 aromatic carbocycles. The molecule has 0 amide bonds. The number of benzene rings is 2. The number of piperidine rings is 1. The third kappa shape index (κ3) is 5.33. The van der Waals surface area contributed by atoms with E-state index >= 15 is 0 Å². The molecule has 0 radical (unpaired) electrons. The number of ether oxygens (including phenoxy) is 1. The second-order valence-corrected chi connectivity index (χ2v) is 7.50. The number of hydrogen-bond acceptors (Lipinski definition) is 5. The van der Waals surface area contributed by atoms with E-state index in [0.29, 0.717) is 5.95 Å². The molecule has 150 valence electrons. The van der Waals surface area contributed by atoms with E-state index in [9.17, 15) is 0 Å². The summed E-state index contributed by atoms with van der Waals surface area (Å²) in [5.41, 5.74) is 4.42. The van der Waals surface area contributed by atoms with Crippen molar-refractivity contribution in [2.24, 2.45) is 0 Å². The van der Waals surface area contributed by atoms with Crippen LogP contribution in [0, 0.1) is 0 Å². The molecule has 0 saturated carbocycles. The number of hydrogen-bond donors (Lipinski definition) is 1. The quantitative estimate of drug-likeness (QED) is 0.622. The third-order valence-corrected chi connectivity index (χ3v) is 5.45. The van der Waals surface area contributed by atoms with E-state index in [1.165, 1.54) is 37.9 Å². The van der Waals surface area contributed by atoms with Crippen LogP contribution in [0.3, 0.4) is 0 Å². The molecular weight excluding hydrogens is 360 g/mol. The molecule has 1 N–H and O–H groups in total. The minimum atomic E-state index is 0.600. The molecule has 0 unspecified atom stereocenters. The lowest BCUT2D eigenvalue weighted by Gasteiger charge is -2.26. The minimum absolute atomic E-state index is 0.600. The summed E-state index contributed by atoms with van der Waals surface area (Å²) in [7, 11) is 1.67. The molecule has 0 spiro atoms. The fraction of sp³-hybridized carbons (Fsp3) is 0.333. The van der Waals surface area contributed by atoms with Gasteiger partial charge in [-0.2, -0.15) is 0 Å². The number of rotatable bonds is 7. The topological polar surface area (TPSA) is 50.3 Å². The normalized spacial score (nSPS) is 14.5. The van der Waals surface area contributed by atoms with Crippen molar-refractivity contribution >= 4 is 11.6 Å². The van der Waals surface area contributed by atoms with E-state index in [4.69, 9.17) is 4.74 Å². The Labute approximate surface area is 172 Å². The zero-order chi connectivity index (χ0) is 19.9. The molecule has 1 saturated heterocycles. The Balaban J connectivity index is 1.32. The van der Waals surface area contributed by atoms with Gasteiger partial charge in [-0.3, -0.25) is 0 Å². The maximum Gasteiger partial charge on any atom is 0.227 e. The average molecular weight is 389 g/mol. The van der Waals surface area contributed by atoms with Crippen LogP contribution in [-0.2, 0) is 6.42 Å². The standard InChI is InChI=1S/C24H28N4O/c1-29-23-11-7-20(8-12-23)21-17-25-24(26-18-21)27-22-9-5-19(6-10-22)13-16-28-14-3-2-4-15-28/h5-12,17-18H,2-4,13-16H2,1H3,(H,25,26,27). The van der Waals surface area contributed by atoms with Gasteiger partial charge in [0, 0.05) is 30.2 Å². The Hall–Kier alpha value is -2.92. The van der Waals surface area contributed by atoms with Crippen molar-refractivity contribution in [2.45, 2.75) is 25.7 Å². The van der Waals surface area contributed by atoms with Gasteiger partial charge in [0.05, 0.1) is 7.11 Å². The van der Waals surface area contributed by atoms with Crippen LogP contribution in [0.15, 0.2) is 60.9 Å². The van der Waals surface area contributed by atoms with Gasteiger partial charge in [0.2, 0.25) is 5.95 Å². The lowest BCUT2D eigenvalue weighted by molar-refractivity contribution is 0.231. The predicted molar refractivity (Wildman–Crippen MR) is 118 cm³/mol. The zero-order valence-corrected chi connectivity index (χ0v) is 17.0. The van der Waals surface area contributed by atoms with Crippen molar-refractivity contribution in [1.29, 1.82) is 0 Å². The predicted octanol–water partition coefficient (Wildman–Crippen LogP) is 4.92. The molecule has 5 heteroatoms. The van der Waals surface area contributed by atoms with Crippen molar-refractivity contribution in [1.82, 2.24) is 14.9 Å². The monoisotopic (exact) mass is 388 g/mol. The summed E-state index contributed by atoms with van der Waals surface area (Å²) < 4.78 is 5.20. The first kappa shape index (κ1) is 19.4. The maximum atomic E-state index is 5.20. The third-order valence-electron chi connectivity index (χ3n) is 5.45. The van der Waals surface area contributed by atoms with Gasteiger partial charge in [-0.25, -0.2) is 9.97 Å². The Morgan fingerprint density at radius 3 is 2.21 bits per heavy atom. The number of likely N-dealkylation sites (tertiary alicyclic amines) is 1. The summed E-state index contributed by atoms with van der Waals surface area (Å²) >= 11 is 0. The molecule has 1 aliphatic rings. The molecule has 0 aliphatic carbocycles. The molecular formula is C24H28N4O.